The van der Waals surface area contributed by atoms with E-state index in [2.05, 4.69) is 0 Å². The van der Waals surface area contributed by atoms with E-state index in [0.717, 1.165) is 11.1 Å². The van der Waals surface area contributed by atoms with E-state index in [1.54, 1.807) is 32.3 Å². The summed E-state index contributed by atoms with van der Waals surface area (Å²) in [5.74, 6) is -0.175. The van der Waals surface area contributed by atoms with Crippen LogP contribution in [0.2, 0.25) is 0 Å². The van der Waals surface area contributed by atoms with Gasteiger partial charge in [0.05, 0.1) is 5.75 Å². The fraction of sp³-hybridized carbons (Fsp3) is 0.417. The van der Waals surface area contributed by atoms with Gasteiger partial charge in [0, 0.05) is 30.3 Å². The van der Waals surface area contributed by atoms with Crippen molar-refractivity contribution in [3.8, 4) is 0 Å². The molecule has 0 saturated carbocycles. The lowest BCUT2D eigenvalue weighted by molar-refractivity contribution is 0.0827. The Hall–Kier alpha value is -1.07. The van der Waals surface area contributed by atoms with Gasteiger partial charge in [0.25, 0.3) is 5.91 Å². The lowest BCUT2D eigenvalue weighted by Crippen LogP contribution is -2.21. The van der Waals surface area contributed by atoms with Crippen LogP contribution >= 0.6 is 10.7 Å². The molecule has 18 heavy (non-hydrogen) atoms. The summed E-state index contributed by atoms with van der Waals surface area (Å²) in [6, 6.07) is 5.23. The zero-order chi connectivity index (χ0) is 13.9. The maximum atomic E-state index is 11.7. The van der Waals surface area contributed by atoms with Crippen LogP contribution in [0.3, 0.4) is 0 Å². The average molecular weight is 290 g/mol. The van der Waals surface area contributed by atoms with Crippen LogP contribution in [0.25, 0.3) is 0 Å². The van der Waals surface area contributed by atoms with Gasteiger partial charge in [-0.25, -0.2) is 8.42 Å². The van der Waals surface area contributed by atoms with Gasteiger partial charge in [-0.3, -0.25) is 4.79 Å². The van der Waals surface area contributed by atoms with Gasteiger partial charge in [0.1, 0.15) is 0 Å². The largest absolute Gasteiger partial charge is 0.345 e. The first-order chi connectivity index (χ1) is 8.20. The van der Waals surface area contributed by atoms with E-state index >= 15 is 0 Å². The number of nitrogens with zero attached hydrogens (tertiary/aromatic N) is 1. The third-order valence-corrected chi connectivity index (χ3v) is 3.77. The minimum absolute atomic E-state index is 0.0744. The van der Waals surface area contributed by atoms with Crippen LogP contribution < -0.4 is 0 Å². The van der Waals surface area contributed by atoms with Gasteiger partial charge in [-0.1, -0.05) is 6.07 Å². The molecule has 1 aromatic rings. The first kappa shape index (κ1) is 15.0. The van der Waals surface area contributed by atoms with Crippen molar-refractivity contribution in [2.75, 3.05) is 19.8 Å². The van der Waals surface area contributed by atoms with E-state index in [1.165, 1.54) is 4.90 Å². The summed E-state index contributed by atoms with van der Waals surface area (Å²) < 4.78 is 21.8. The van der Waals surface area contributed by atoms with Crippen molar-refractivity contribution in [3.63, 3.8) is 0 Å². The molecule has 0 aliphatic heterocycles. The lowest BCUT2D eigenvalue weighted by atomic mass is 10.0. The molecule has 0 unspecified atom stereocenters. The molecule has 0 fully saturated rings. The molecule has 0 atom stereocenters. The number of carbonyl (C=O) groups excluding carboxylic acids is 1. The summed E-state index contributed by atoms with van der Waals surface area (Å²) in [6.07, 6.45) is 0.355. The van der Waals surface area contributed by atoms with Crippen molar-refractivity contribution in [2.24, 2.45) is 0 Å². The highest BCUT2D eigenvalue weighted by molar-refractivity contribution is 8.13. The molecular formula is C12H16ClNO3S. The Morgan fingerprint density at radius 2 is 1.94 bits per heavy atom. The number of benzene rings is 1. The molecule has 1 rings (SSSR count). The summed E-state index contributed by atoms with van der Waals surface area (Å²) in [5.41, 5.74) is 2.37. The van der Waals surface area contributed by atoms with Crippen molar-refractivity contribution in [1.29, 1.82) is 0 Å². The highest BCUT2D eigenvalue weighted by Crippen LogP contribution is 2.14. The monoisotopic (exact) mass is 289 g/mol. The van der Waals surface area contributed by atoms with Crippen LogP contribution in [0.5, 0.6) is 0 Å². The molecular weight excluding hydrogens is 274 g/mol. The Bertz CT molecular complexity index is 552. The zero-order valence-electron chi connectivity index (χ0n) is 10.6. The highest BCUT2D eigenvalue weighted by atomic mass is 35.7. The quantitative estimate of drug-likeness (QED) is 0.794. The third kappa shape index (κ3) is 4.31. The number of amides is 1. The molecule has 6 heteroatoms. The van der Waals surface area contributed by atoms with E-state index in [0.29, 0.717) is 12.0 Å². The maximum absolute atomic E-state index is 11.7. The molecule has 0 aliphatic rings. The second-order valence-electron chi connectivity index (χ2n) is 4.33. The molecule has 0 spiro atoms. The van der Waals surface area contributed by atoms with Crippen molar-refractivity contribution in [1.82, 2.24) is 4.90 Å². The zero-order valence-corrected chi connectivity index (χ0v) is 12.2. The minimum Gasteiger partial charge on any atom is -0.345 e. The number of halogens is 1. The van der Waals surface area contributed by atoms with Crippen molar-refractivity contribution >= 4 is 25.6 Å². The summed E-state index contributed by atoms with van der Waals surface area (Å²) in [7, 11) is 5.06. The molecule has 0 bridgehead atoms. The maximum Gasteiger partial charge on any atom is 0.253 e. The van der Waals surface area contributed by atoms with Crippen LogP contribution in [0.4, 0.5) is 0 Å². The van der Waals surface area contributed by atoms with Crippen LogP contribution in [-0.2, 0) is 15.5 Å². The standard InChI is InChI=1S/C12H16ClNO3S/c1-9-8-11(12(15)14(2)3)5-4-10(9)6-7-18(13,16)17/h4-5,8H,6-7H2,1-3H3. The van der Waals surface area contributed by atoms with Gasteiger partial charge >= 0.3 is 0 Å². The van der Waals surface area contributed by atoms with Crippen molar-refractivity contribution < 1.29 is 13.2 Å². The van der Waals surface area contributed by atoms with Gasteiger partial charge < -0.3 is 4.90 Å². The Morgan fingerprint density at radius 3 is 2.39 bits per heavy atom. The Balaban J connectivity index is 2.90. The predicted molar refractivity (Wildman–Crippen MR) is 72.5 cm³/mol. The molecule has 0 saturated heterocycles. The first-order valence-electron chi connectivity index (χ1n) is 5.44. The van der Waals surface area contributed by atoms with Gasteiger partial charge in [-0.05, 0) is 36.6 Å². The molecule has 0 aliphatic carbocycles. The second kappa shape index (κ2) is 5.71. The van der Waals surface area contributed by atoms with Crippen LogP contribution in [-0.4, -0.2) is 39.1 Å². The Morgan fingerprint density at radius 1 is 1.33 bits per heavy atom. The lowest BCUT2D eigenvalue weighted by Gasteiger charge is -2.12. The minimum atomic E-state index is -3.48. The normalized spacial score (nSPS) is 11.3. The molecule has 0 heterocycles. The first-order valence-corrected chi connectivity index (χ1v) is 7.92. The Kier molecular flexibility index (Phi) is 4.76. The van der Waals surface area contributed by atoms with E-state index in [-0.39, 0.29) is 11.7 Å². The van der Waals surface area contributed by atoms with E-state index in [1.807, 2.05) is 6.92 Å². The predicted octanol–water partition coefficient (Wildman–Crippen LogP) is 1.81. The van der Waals surface area contributed by atoms with Crippen LogP contribution in [0, 0.1) is 6.92 Å². The van der Waals surface area contributed by atoms with Gasteiger partial charge in [0.2, 0.25) is 9.05 Å². The number of rotatable bonds is 4. The topological polar surface area (TPSA) is 54.5 Å². The molecule has 0 aromatic heterocycles. The molecule has 1 amide bonds. The fourth-order valence-electron chi connectivity index (χ4n) is 1.60. The van der Waals surface area contributed by atoms with Crippen molar-refractivity contribution in [3.05, 3.63) is 34.9 Å². The summed E-state index contributed by atoms with van der Waals surface area (Å²) in [6.45, 7) is 1.85. The molecule has 100 valence electrons. The second-order valence-corrected chi connectivity index (χ2v) is 7.23. The van der Waals surface area contributed by atoms with E-state index < -0.39 is 9.05 Å². The Labute approximate surface area is 112 Å². The third-order valence-electron chi connectivity index (χ3n) is 2.61. The van der Waals surface area contributed by atoms with Gasteiger partial charge in [-0.2, -0.15) is 0 Å². The highest BCUT2D eigenvalue weighted by Gasteiger charge is 2.11. The van der Waals surface area contributed by atoms with Crippen LogP contribution in [0.15, 0.2) is 18.2 Å². The molecule has 1 aromatic carbocycles. The molecule has 4 nitrogen and oxygen atoms in total. The number of hydrogen-bond acceptors (Lipinski definition) is 3. The fourth-order valence-corrected chi connectivity index (χ4v) is 2.29. The number of hydrogen-bond donors (Lipinski definition) is 0. The summed E-state index contributed by atoms with van der Waals surface area (Å²) in [4.78, 5) is 13.2. The number of carbonyl (C=O) groups is 1. The van der Waals surface area contributed by atoms with Crippen molar-refractivity contribution in [2.45, 2.75) is 13.3 Å². The van der Waals surface area contributed by atoms with Crippen LogP contribution in [0.1, 0.15) is 21.5 Å². The SMILES string of the molecule is Cc1cc(C(=O)N(C)C)ccc1CCS(=O)(=O)Cl. The summed E-state index contributed by atoms with van der Waals surface area (Å²) in [5, 5.41) is 0. The average Bonchev–Trinajstić information content (AvgIpc) is 2.25. The molecule has 0 N–H and O–H groups in total. The molecule has 0 radical (unpaired) electrons. The van der Waals surface area contributed by atoms with E-state index in [9.17, 15) is 13.2 Å². The van der Waals surface area contributed by atoms with E-state index in [4.69, 9.17) is 10.7 Å². The summed E-state index contributed by atoms with van der Waals surface area (Å²) >= 11 is 0. The number of aryl methyl sites for hydroxylation is 2. The van der Waals surface area contributed by atoms with Gasteiger partial charge in [-0.15, -0.1) is 0 Å². The smallest absolute Gasteiger partial charge is 0.253 e. The van der Waals surface area contributed by atoms with Gasteiger partial charge in [0.15, 0.2) is 0 Å².